The zero-order valence-corrected chi connectivity index (χ0v) is 11.3. The van der Waals surface area contributed by atoms with Gasteiger partial charge in [0, 0.05) is 18.5 Å². The van der Waals surface area contributed by atoms with Crippen molar-refractivity contribution < 1.29 is 4.79 Å². The van der Waals surface area contributed by atoms with Gasteiger partial charge in [0.05, 0.1) is 0 Å². The predicted molar refractivity (Wildman–Crippen MR) is 74.2 cm³/mol. The van der Waals surface area contributed by atoms with Crippen molar-refractivity contribution >= 4 is 5.91 Å². The van der Waals surface area contributed by atoms with E-state index in [2.05, 4.69) is 11.4 Å². The van der Waals surface area contributed by atoms with Crippen LogP contribution in [-0.2, 0) is 4.79 Å². The maximum atomic E-state index is 11.9. The Bertz CT molecular complexity index is 316. The number of carbonyl (C=O) groups is 1. The van der Waals surface area contributed by atoms with Crippen LogP contribution in [0.1, 0.15) is 64.2 Å². The third-order valence-corrected chi connectivity index (χ3v) is 4.27. The van der Waals surface area contributed by atoms with Crippen molar-refractivity contribution in [2.75, 3.05) is 6.54 Å². The van der Waals surface area contributed by atoms with Gasteiger partial charge in [0.15, 0.2) is 0 Å². The van der Waals surface area contributed by atoms with Crippen molar-refractivity contribution in [1.82, 2.24) is 5.32 Å². The van der Waals surface area contributed by atoms with Gasteiger partial charge in [0.1, 0.15) is 0 Å². The van der Waals surface area contributed by atoms with Crippen molar-refractivity contribution in [3.8, 4) is 0 Å². The fourth-order valence-electron chi connectivity index (χ4n) is 3.14. The van der Waals surface area contributed by atoms with Gasteiger partial charge in [-0.2, -0.15) is 0 Å². The first-order chi connectivity index (χ1) is 8.68. The van der Waals surface area contributed by atoms with E-state index in [0.717, 1.165) is 25.8 Å². The summed E-state index contributed by atoms with van der Waals surface area (Å²) in [4.78, 5) is 11.9. The normalized spacial score (nSPS) is 22.6. The molecule has 0 spiro atoms. The highest BCUT2D eigenvalue weighted by Crippen LogP contribution is 2.28. The molecule has 0 aromatic rings. The largest absolute Gasteiger partial charge is 0.356 e. The van der Waals surface area contributed by atoms with E-state index in [1.54, 1.807) is 0 Å². The van der Waals surface area contributed by atoms with Gasteiger partial charge in [0.2, 0.25) is 5.91 Å². The molecule has 0 bridgehead atoms. The predicted octanol–water partition coefficient (Wildman–Crippen LogP) is 2.65. The molecule has 1 amide bonds. The molecule has 0 unspecified atom stereocenters. The second-order valence-electron chi connectivity index (χ2n) is 5.95. The van der Waals surface area contributed by atoms with Gasteiger partial charge >= 0.3 is 0 Å². The van der Waals surface area contributed by atoms with Crippen molar-refractivity contribution in [2.24, 2.45) is 5.73 Å². The van der Waals surface area contributed by atoms with Crippen LogP contribution in [-0.4, -0.2) is 18.0 Å². The molecule has 2 aliphatic carbocycles. The number of hydrogen-bond donors (Lipinski definition) is 2. The molecule has 0 saturated heterocycles. The first kappa shape index (κ1) is 13.6. The number of hydrogen-bond acceptors (Lipinski definition) is 2. The highest BCUT2D eigenvalue weighted by Gasteiger charge is 2.29. The van der Waals surface area contributed by atoms with Crippen LogP contribution < -0.4 is 11.1 Å². The fourth-order valence-corrected chi connectivity index (χ4v) is 3.14. The van der Waals surface area contributed by atoms with E-state index in [-0.39, 0.29) is 11.4 Å². The first-order valence-corrected chi connectivity index (χ1v) is 7.41. The molecular formula is C15H26N2O. The highest BCUT2D eigenvalue weighted by molar-refractivity contribution is 5.77. The molecule has 102 valence electrons. The zero-order valence-electron chi connectivity index (χ0n) is 11.3. The summed E-state index contributed by atoms with van der Waals surface area (Å²) < 4.78 is 0. The number of allylic oxidation sites excluding steroid dienone is 1. The Morgan fingerprint density at radius 2 is 2.06 bits per heavy atom. The van der Waals surface area contributed by atoms with Gasteiger partial charge in [0.25, 0.3) is 0 Å². The Kier molecular flexibility index (Phi) is 4.81. The molecule has 2 aliphatic rings. The molecule has 3 N–H and O–H groups in total. The van der Waals surface area contributed by atoms with Crippen LogP contribution in [0.2, 0.25) is 0 Å². The SMILES string of the molecule is NC1(CC(=O)NCCC2=CCCC2)CCCCC1. The lowest BCUT2D eigenvalue weighted by atomic mass is 9.80. The third-order valence-electron chi connectivity index (χ3n) is 4.27. The second-order valence-corrected chi connectivity index (χ2v) is 5.95. The van der Waals surface area contributed by atoms with Gasteiger partial charge in [-0.25, -0.2) is 0 Å². The van der Waals surface area contributed by atoms with Crippen LogP contribution in [0.4, 0.5) is 0 Å². The van der Waals surface area contributed by atoms with Crippen LogP contribution in [0, 0.1) is 0 Å². The van der Waals surface area contributed by atoms with Crippen LogP contribution in [0.3, 0.4) is 0 Å². The molecule has 1 saturated carbocycles. The van der Waals surface area contributed by atoms with Crippen LogP contribution >= 0.6 is 0 Å². The zero-order chi connectivity index (χ0) is 12.8. The number of nitrogens with two attached hydrogens (primary N) is 1. The minimum atomic E-state index is -0.227. The lowest BCUT2D eigenvalue weighted by Crippen LogP contribution is -2.46. The summed E-state index contributed by atoms with van der Waals surface area (Å²) >= 11 is 0. The van der Waals surface area contributed by atoms with Gasteiger partial charge in [-0.1, -0.05) is 30.9 Å². The molecule has 0 radical (unpaired) electrons. The Hall–Kier alpha value is -0.830. The molecule has 3 nitrogen and oxygen atoms in total. The minimum Gasteiger partial charge on any atom is -0.356 e. The Balaban J connectivity index is 1.65. The summed E-state index contributed by atoms with van der Waals surface area (Å²) in [5.74, 6) is 0.137. The Labute approximate surface area is 110 Å². The van der Waals surface area contributed by atoms with Crippen molar-refractivity contribution in [2.45, 2.75) is 69.7 Å². The molecule has 2 rings (SSSR count). The molecule has 0 aliphatic heterocycles. The van der Waals surface area contributed by atoms with Crippen molar-refractivity contribution in [3.05, 3.63) is 11.6 Å². The van der Waals surface area contributed by atoms with E-state index in [9.17, 15) is 4.79 Å². The van der Waals surface area contributed by atoms with Gasteiger partial charge in [-0.15, -0.1) is 0 Å². The smallest absolute Gasteiger partial charge is 0.221 e. The standard InChI is InChI=1S/C15H26N2O/c16-15(9-4-1-5-10-15)12-14(18)17-11-8-13-6-2-3-7-13/h6H,1-5,7-12,16H2,(H,17,18). The number of nitrogens with one attached hydrogen (secondary N) is 1. The molecule has 1 fully saturated rings. The second kappa shape index (κ2) is 6.37. The van der Waals surface area contributed by atoms with E-state index in [1.807, 2.05) is 0 Å². The van der Waals surface area contributed by atoms with Gasteiger partial charge < -0.3 is 11.1 Å². The quantitative estimate of drug-likeness (QED) is 0.737. The maximum Gasteiger partial charge on any atom is 0.221 e. The highest BCUT2D eigenvalue weighted by atomic mass is 16.1. The summed E-state index contributed by atoms with van der Waals surface area (Å²) in [6.07, 6.45) is 13.2. The first-order valence-electron chi connectivity index (χ1n) is 7.41. The summed E-state index contributed by atoms with van der Waals surface area (Å²) in [6, 6.07) is 0. The van der Waals surface area contributed by atoms with Crippen LogP contribution in [0.15, 0.2) is 11.6 Å². The fraction of sp³-hybridized carbons (Fsp3) is 0.800. The molecule has 0 aromatic carbocycles. The topological polar surface area (TPSA) is 55.1 Å². The van der Waals surface area contributed by atoms with Crippen LogP contribution in [0.25, 0.3) is 0 Å². The summed E-state index contributed by atoms with van der Waals surface area (Å²) in [5, 5.41) is 3.02. The maximum absolute atomic E-state index is 11.9. The Morgan fingerprint density at radius 3 is 2.72 bits per heavy atom. The van der Waals surface area contributed by atoms with E-state index in [0.29, 0.717) is 6.42 Å². The van der Waals surface area contributed by atoms with Crippen LogP contribution in [0.5, 0.6) is 0 Å². The summed E-state index contributed by atoms with van der Waals surface area (Å²) in [5.41, 5.74) is 7.56. The van der Waals surface area contributed by atoms with Crippen molar-refractivity contribution in [1.29, 1.82) is 0 Å². The number of rotatable bonds is 5. The Morgan fingerprint density at radius 1 is 1.28 bits per heavy atom. The minimum absolute atomic E-state index is 0.137. The molecular weight excluding hydrogens is 224 g/mol. The molecule has 0 heterocycles. The molecule has 18 heavy (non-hydrogen) atoms. The van der Waals surface area contributed by atoms with Gasteiger partial charge in [-0.3, -0.25) is 4.79 Å². The third kappa shape index (κ3) is 4.13. The molecule has 0 aromatic heterocycles. The molecule has 0 atom stereocenters. The van der Waals surface area contributed by atoms with E-state index in [4.69, 9.17) is 5.73 Å². The summed E-state index contributed by atoms with van der Waals surface area (Å²) in [6.45, 7) is 0.779. The lowest BCUT2D eigenvalue weighted by molar-refractivity contribution is -0.122. The van der Waals surface area contributed by atoms with Crippen molar-refractivity contribution in [3.63, 3.8) is 0 Å². The summed E-state index contributed by atoms with van der Waals surface area (Å²) in [7, 11) is 0. The van der Waals surface area contributed by atoms with Gasteiger partial charge in [-0.05, 0) is 38.5 Å². The van der Waals surface area contributed by atoms with E-state index >= 15 is 0 Å². The average molecular weight is 250 g/mol. The molecule has 3 heteroatoms. The average Bonchev–Trinajstić information content (AvgIpc) is 2.82. The monoisotopic (exact) mass is 250 g/mol. The van der Waals surface area contributed by atoms with E-state index in [1.165, 1.54) is 44.1 Å². The lowest BCUT2D eigenvalue weighted by Gasteiger charge is -2.32. The van der Waals surface area contributed by atoms with E-state index < -0.39 is 0 Å². The number of carbonyl (C=O) groups excluding carboxylic acids is 1. The number of amides is 1.